The van der Waals surface area contributed by atoms with Crippen LogP contribution in [0.3, 0.4) is 0 Å². The van der Waals surface area contributed by atoms with Gasteiger partial charge in [0.2, 0.25) is 0 Å². The SMILES string of the molecule is C=C(C)C(=O)OCCC/C(=C/C(=C\CC)C1CCC(C2CCC(C3CCC(CCCCC)CC3)CC2)CC1)C(=C)OCCCO. The Kier molecular flexibility index (Phi) is 17.7. The van der Waals surface area contributed by atoms with Gasteiger partial charge in [-0.2, -0.15) is 0 Å². The Hall–Kier alpha value is -1.81. The Labute approximate surface area is 277 Å². The van der Waals surface area contributed by atoms with Gasteiger partial charge in [0.1, 0.15) is 5.76 Å². The van der Waals surface area contributed by atoms with Crippen LogP contribution in [-0.4, -0.2) is 30.9 Å². The molecule has 3 rings (SSSR count). The van der Waals surface area contributed by atoms with Gasteiger partial charge in [0.15, 0.2) is 0 Å². The molecular formula is C41H68O4. The smallest absolute Gasteiger partial charge is 0.333 e. The fourth-order valence-corrected chi connectivity index (χ4v) is 8.62. The minimum absolute atomic E-state index is 0.106. The third kappa shape index (κ3) is 13.1. The summed E-state index contributed by atoms with van der Waals surface area (Å²) in [6.07, 6.45) is 30.7. The molecule has 0 aromatic rings. The van der Waals surface area contributed by atoms with Gasteiger partial charge in [-0.3, -0.25) is 0 Å². The predicted molar refractivity (Wildman–Crippen MR) is 189 cm³/mol. The highest BCUT2D eigenvalue weighted by Gasteiger charge is 2.35. The van der Waals surface area contributed by atoms with Crippen molar-refractivity contribution in [3.63, 3.8) is 0 Å². The van der Waals surface area contributed by atoms with Gasteiger partial charge in [-0.15, -0.1) is 0 Å². The van der Waals surface area contributed by atoms with Crippen molar-refractivity contribution in [1.29, 1.82) is 0 Å². The lowest BCUT2D eigenvalue weighted by Crippen LogP contribution is -2.30. The number of aliphatic hydroxyl groups is 1. The molecule has 0 unspecified atom stereocenters. The van der Waals surface area contributed by atoms with Gasteiger partial charge in [-0.25, -0.2) is 4.79 Å². The second kappa shape index (κ2) is 21.1. The molecule has 3 aliphatic carbocycles. The van der Waals surface area contributed by atoms with Crippen LogP contribution < -0.4 is 0 Å². The van der Waals surface area contributed by atoms with Crippen molar-refractivity contribution in [3.05, 3.63) is 47.8 Å². The zero-order valence-corrected chi connectivity index (χ0v) is 29.5. The van der Waals surface area contributed by atoms with E-state index in [1.165, 1.54) is 108 Å². The summed E-state index contributed by atoms with van der Waals surface area (Å²) in [6, 6.07) is 0. The van der Waals surface area contributed by atoms with Gasteiger partial charge < -0.3 is 14.6 Å². The molecule has 256 valence electrons. The molecule has 3 saturated carbocycles. The van der Waals surface area contributed by atoms with Crippen LogP contribution in [0.15, 0.2) is 47.8 Å². The lowest BCUT2D eigenvalue weighted by molar-refractivity contribution is -0.139. The van der Waals surface area contributed by atoms with Crippen molar-refractivity contribution in [1.82, 2.24) is 0 Å². The van der Waals surface area contributed by atoms with E-state index in [9.17, 15) is 9.90 Å². The molecule has 4 nitrogen and oxygen atoms in total. The summed E-state index contributed by atoms with van der Waals surface area (Å²) in [5.41, 5.74) is 2.93. The molecular weight excluding hydrogens is 556 g/mol. The van der Waals surface area contributed by atoms with Crippen LogP contribution in [0.5, 0.6) is 0 Å². The quantitative estimate of drug-likeness (QED) is 0.0511. The molecule has 0 aromatic carbocycles. The van der Waals surface area contributed by atoms with E-state index in [0.29, 0.717) is 43.3 Å². The van der Waals surface area contributed by atoms with E-state index in [4.69, 9.17) is 9.47 Å². The lowest BCUT2D eigenvalue weighted by Gasteiger charge is -2.41. The van der Waals surface area contributed by atoms with Gasteiger partial charge >= 0.3 is 5.97 Å². The van der Waals surface area contributed by atoms with Crippen LogP contribution >= 0.6 is 0 Å². The molecule has 4 heteroatoms. The average Bonchev–Trinajstić information content (AvgIpc) is 3.06. The minimum Gasteiger partial charge on any atom is -0.494 e. The highest BCUT2D eigenvalue weighted by molar-refractivity contribution is 5.86. The Bertz CT molecular complexity index is 937. The van der Waals surface area contributed by atoms with E-state index >= 15 is 0 Å². The maximum atomic E-state index is 11.8. The molecule has 0 atom stereocenters. The van der Waals surface area contributed by atoms with Crippen LogP contribution in [0.1, 0.15) is 149 Å². The zero-order chi connectivity index (χ0) is 32.4. The number of carbonyl (C=O) groups excluding carboxylic acids is 1. The second-order valence-corrected chi connectivity index (χ2v) is 14.7. The molecule has 0 bridgehead atoms. The average molecular weight is 625 g/mol. The highest BCUT2D eigenvalue weighted by atomic mass is 16.5. The van der Waals surface area contributed by atoms with Crippen LogP contribution in [0.2, 0.25) is 0 Å². The first kappa shape index (κ1) is 37.6. The van der Waals surface area contributed by atoms with E-state index in [1.54, 1.807) is 6.92 Å². The fourth-order valence-electron chi connectivity index (χ4n) is 8.62. The van der Waals surface area contributed by atoms with Crippen molar-refractivity contribution >= 4 is 5.97 Å². The van der Waals surface area contributed by atoms with E-state index in [-0.39, 0.29) is 12.6 Å². The summed E-state index contributed by atoms with van der Waals surface area (Å²) in [5, 5.41) is 9.21. The predicted octanol–water partition coefficient (Wildman–Crippen LogP) is 11.1. The normalized spacial score (nSPS) is 28.0. The first-order valence-electron chi connectivity index (χ1n) is 19.0. The lowest BCUT2D eigenvalue weighted by atomic mass is 9.64. The molecule has 0 spiro atoms. The minimum atomic E-state index is -0.337. The van der Waals surface area contributed by atoms with E-state index < -0.39 is 0 Å². The monoisotopic (exact) mass is 625 g/mol. The van der Waals surface area contributed by atoms with Gasteiger partial charge in [-0.05, 0) is 137 Å². The summed E-state index contributed by atoms with van der Waals surface area (Å²) in [7, 11) is 0. The summed E-state index contributed by atoms with van der Waals surface area (Å²) in [5.74, 6) is 5.83. The number of ether oxygens (including phenoxy) is 2. The fraction of sp³-hybridized carbons (Fsp3) is 0.780. The Balaban J connectivity index is 1.49. The van der Waals surface area contributed by atoms with E-state index in [1.807, 2.05) is 0 Å². The number of esters is 1. The number of aliphatic hydroxyl groups excluding tert-OH is 1. The summed E-state index contributed by atoms with van der Waals surface area (Å²) in [4.78, 5) is 11.8. The number of allylic oxidation sites excluding steroid dienone is 4. The second-order valence-electron chi connectivity index (χ2n) is 14.7. The molecule has 0 aliphatic heterocycles. The molecule has 0 radical (unpaired) electrons. The largest absolute Gasteiger partial charge is 0.494 e. The molecule has 0 amide bonds. The van der Waals surface area contributed by atoms with Crippen LogP contribution in [0.4, 0.5) is 0 Å². The maximum Gasteiger partial charge on any atom is 0.333 e. The standard InChI is InChI=1S/C41H68O4/c1-6-8-9-13-33-15-17-34(18-16-33)35-19-21-36(22-20-35)37-23-25-38(26-24-37)40(12-7-2)30-39(32(5)44-29-11-27-42)14-10-28-45-41(43)31(3)4/h12,30,33-38,42H,3,5-11,13-29H2,1-2,4H3/b39-30-,40-12+. The Morgan fingerprint density at radius 3 is 1.84 bits per heavy atom. The van der Waals surface area contributed by atoms with Crippen molar-refractivity contribution in [2.75, 3.05) is 19.8 Å². The number of hydrogen-bond donors (Lipinski definition) is 1. The summed E-state index contributed by atoms with van der Waals surface area (Å²) < 4.78 is 11.3. The third-order valence-corrected chi connectivity index (χ3v) is 11.4. The Morgan fingerprint density at radius 1 is 0.756 bits per heavy atom. The number of hydrogen-bond acceptors (Lipinski definition) is 4. The van der Waals surface area contributed by atoms with Gasteiger partial charge in [0.05, 0.1) is 13.2 Å². The topological polar surface area (TPSA) is 55.8 Å². The molecule has 0 saturated heterocycles. The Morgan fingerprint density at radius 2 is 1.31 bits per heavy atom. The van der Waals surface area contributed by atoms with Crippen molar-refractivity contribution in [3.8, 4) is 0 Å². The summed E-state index contributed by atoms with van der Waals surface area (Å²) in [6.45, 7) is 15.0. The third-order valence-electron chi connectivity index (χ3n) is 11.4. The van der Waals surface area contributed by atoms with Crippen LogP contribution in [-0.2, 0) is 14.3 Å². The molecule has 0 aromatic heterocycles. The van der Waals surface area contributed by atoms with E-state index in [2.05, 4.69) is 39.2 Å². The molecule has 3 aliphatic rings. The zero-order valence-electron chi connectivity index (χ0n) is 29.5. The number of rotatable bonds is 19. The van der Waals surface area contributed by atoms with Gasteiger partial charge in [-0.1, -0.05) is 77.7 Å². The van der Waals surface area contributed by atoms with Gasteiger partial charge in [0, 0.05) is 18.6 Å². The molecule has 0 heterocycles. The van der Waals surface area contributed by atoms with Crippen LogP contribution in [0.25, 0.3) is 0 Å². The van der Waals surface area contributed by atoms with Gasteiger partial charge in [0.25, 0.3) is 0 Å². The molecule has 45 heavy (non-hydrogen) atoms. The van der Waals surface area contributed by atoms with Crippen molar-refractivity contribution in [2.24, 2.45) is 35.5 Å². The van der Waals surface area contributed by atoms with E-state index in [0.717, 1.165) is 48.0 Å². The maximum absolute atomic E-state index is 11.8. The molecule has 1 N–H and O–H groups in total. The highest BCUT2D eigenvalue weighted by Crippen LogP contribution is 2.47. The first-order chi connectivity index (χ1) is 21.9. The number of carbonyl (C=O) groups is 1. The molecule has 3 fully saturated rings. The summed E-state index contributed by atoms with van der Waals surface area (Å²) >= 11 is 0. The van der Waals surface area contributed by atoms with Crippen molar-refractivity contribution < 1.29 is 19.4 Å². The van der Waals surface area contributed by atoms with Crippen molar-refractivity contribution in [2.45, 2.75) is 149 Å². The number of unbranched alkanes of at least 4 members (excludes halogenated alkanes) is 2. The first-order valence-corrected chi connectivity index (χ1v) is 19.0. The van der Waals surface area contributed by atoms with Crippen LogP contribution in [0, 0.1) is 35.5 Å².